The molecule has 0 radical (unpaired) electrons. The van der Waals surface area contributed by atoms with Gasteiger partial charge >= 0.3 is 18.0 Å². The molecule has 2 aliphatic heterocycles. The molecule has 11 heteroatoms. The van der Waals surface area contributed by atoms with Crippen molar-refractivity contribution in [2.45, 2.75) is 75.3 Å². The minimum absolute atomic E-state index is 0.0440. The van der Waals surface area contributed by atoms with Gasteiger partial charge in [0, 0.05) is 12.8 Å². The van der Waals surface area contributed by atoms with E-state index < -0.39 is 59.7 Å². The lowest BCUT2D eigenvalue weighted by atomic mass is 9.89. The van der Waals surface area contributed by atoms with Crippen molar-refractivity contribution < 1.29 is 48.3 Å². The molecule has 0 aliphatic carbocycles. The summed E-state index contributed by atoms with van der Waals surface area (Å²) in [6.45, 7) is 4.85. The van der Waals surface area contributed by atoms with E-state index in [2.05, 4.69) is 5.32 Å². The zero-order valence-corrected chi connectivity index (χ0v) is 17.2. The molecule has 3 N–H and O–H groups in total. The number of amides is 1. The lowest BCUT2D eigenvalue weighted by Crippen LogP contribution is -2.53. The van der Waals surface area contributed by atoms with Gasteiger partial charge in [-0.05, 0) is 20.8 Å². The average molecular weight is 419 g/mol. The Morgan fingerprint density at radius 1 is 1.21 bits per heavy atom. The molecule has 1 amide bonds. The smallest absolute Gasteiger partial charge is 0.408 e. The molecule has 11 nitrogen and oxygen atoms in total. The van der Waals surface area contributed by atoms with E-state index in [1.165, 1.54) is 0 Å². The number of aliphatic hydroxyl groups excluding tert-OH is 2. The predicted molar refractivity (Wildman–Crippen MR) is 95.8 cm³/mol. The van der Waals surface area contributed by atoms with E-state index in [1.54, 1.807) is 20.8 Å². The van der Waals surface area contributed by atoms with Crippen LogP contribution in [0.2, 0.25) is 0 Å². The molecule has 166 valence electrons. The molecule has 0 aromatic carbocycles. The van der Waals surface area contributed by atoms with Gasteiger partial charge in [-0.15, -0.1) is 0 Å². The molecule has 0 saturated carbocycles. The molecular weight excluding hydrogens is 390 g/mol. The normalized spacial score (nSPS) is 32.7. The number of ether oxygens (including phenoxy) is 5. The van der Waals surface area contributed by atoms with Gasteiger partial charge in [-0.1, -0.05) is 0 Å². The second-order valence-corrected chi connectivity index (χ2v) is 8.13. The molecule has 2 saturated heterocycles. The Balaban J connectivity index is 2.25. The van der Waals surface area contributed by atoms with Crippen molar-refractivity contribution in [3.63, 3.8) is 0 Å². The number of aliphatic hydroxyl groups is 2. The Morgan fingerprint density at radius 2 is 1.86 bits per heavy atom. The highest BCUT2D eigenvalue weighted by atomic mass is 16.6. The number of alkyl carbamates (subject to hydrolysis) is 1. The van der Waals surface area contributed by atoms with Gasteiger partial charge in [-0.25, -0.2) is 14.4 Å². The Morgan fingerprint density at radius 3 is 2.41 bits per heavy atom. The number of carbonyl (C=O) groups excluding carboxylic acids is 3. The van der Waals surface area contributed by atoms with Gasteiger partial charge in [-0.2, -0.15) is 0 Å². The molecule has 2 heterocycles. The van der Waals surface area contributed by atoms with Crippen LogP contribution in [0.1, 0.15) is 33.6 Å². The number of carbonyl (C=O) groups is 3. The fourth-order valence-corrected chi connectivity index (χ4v) is 3.46. The molecule has 0 spiro atoms. The zero-order valence-electron chi connectivity index (χ0n) is 17.2. The first-order chi connectivity index (χ1) is 13.4. The first-order valence-corrected chi connectivity index (χ1v) is 9.24. The van der Waals surface area contributed by atoms with E-state index in [0.717, 1.165) is 14.2 Å². The number of fused-ring (bicyclic) bond motifs is 1. The Labute approximate surface area is 168 Å². The van der Waals surface area contributed by atoms with E-state index in [0.29, 0.717) is 0 Å². The van der Waals surface area contributed by atoms with E-state index >= 15 is 0 Å². The molecule has 0 aromatic rings. The topological polar surface area (TPSA) is 150 Å². The maximum atomic E-state index is 12.6. The third kappa shape index (κ3) is 5.35. The van der Waals surface area contributed by atoms with Crippen molar-refractivity contribution >= 4 is 18.0 Å². The highest BCUT2D eigenvalue weighted by Gasteiger charge is 2.59. The number of esters is 2. The quantitative estimate of drug-likeness (QED) is 0.384. The molecule has 2 fully saturated rings. The van der Waals surface area contributed by atoms with Crippen molar-refractivity contribution in [1.82, 2.24) is 5.32 Å². The lowest BCUT2D eigenvalue weighted by Gasteiger charge is -2.33. The number of hydrogen-bond acceptors (Lipinski definition) is 10. The SMILES string of the molecule is COC(=O)[C@H](C[C@]1(C(=O)OC)C[C@H]2OC[C@H](O)[C@H](O)[C@H]2O1)NC(=O)OC(C)(C)C. The Hall–Kier alpha value is -1.95. The van der Waals surface area contributed by atoms with Gasteiger partial charge in [0.1, 0.15) is 30.0 Å². The number of hydrogen-bond donors (Lipinski definition) is 3. The van der Waals surface area contributed by atoms with Gasteiger partial charge in [0.15, 0.2) is 5.60 Å². The van der Waals surface area contributed by atoms with Crippen LogP contribution < -0.4 is 5.32 Å². The fourth-order valence-electron chi connectivity index (χ4n) is 3.46. The molecule has 2 rings (SSSR count). The van der Waals surface area contributed by atoms with Gasteiger partial charge in [0.05, 0.1) is 26.9 Å². The maximum absolute atomic E-state index is 12.6. The molecule has 29 heavy (non-hydrogen) atoms. The summed E-state index contributed by atoms with van der Waals surface area (Å²) in [5.74, 6) is -1.63. The van der Waals surface area contributed by atoms with Crippen molar-refractivity contribution in [2.75, 3.05) is 20.8 Å². The number of methoxy groups -OCH3 is 2. The molecule has 6 atom stereocenters. The first kappa shape index (κ1) is 23.3. The summed E-state index contributed by atoms with van der Waals surface area (Å²) in [5.41, 5.74) is -2.51. The van der Waals surface area contributed by atoms with Gasteiger partial charge in [0.2, 0.25) is 0 Å². The molecular formula is C18H29NO10. The van der Waals surface area contributed by atoms with Gasteiger partial charge in [0.25, 0.3) is 0 Å². The standard InChI is InChI=1S/C18H29NO10/c1-17(2,3)29-16(24)19-9(14(22)25-4)6-18(15(23)26-5)7-11-13(28-18)12(21)10(20)8-27-11/h9-13,20-21H,6-8H2,1-5H3,(H,19,24)/t9-,10-,11+,12-,13-,18+/m0/s1. The summed E-state index contributed by atoms with van der Waals surface area (Å²) in [6, 6.07) is -1.30. The molecule has 0 unspecified atom stereocenters. The zero-order chi connectivity index (χ0) is 22.0. The third-order valence-corrected chi connectivity index (χ3v) is 4.74. The number of rotatable bonds is 5. The predicted octanol–water partition coefficient (Wildman–Crippen LogP) is -0.736. The first-order valence-electron chi connectivity index (χ1n) is 9.24. The van der Waals surface area contributed by atoms with Crippen LogP contribution in [0.25, 0.3) is 0 Å². The Kier molecular flexibility index (Phi) is 7.10. The summed E-state index contributed by atoms with van der Waals surface area (Å²) in [7, 11) is 2.28. The van der Waals surface area contributed by atoms with E-state index in [4.69, 9.17) is 23.7 Å². The minimum atomic E-state index is -1.71. The summed E-state index contributed by atoms with van der Waals surface area (Å²) in [4.78, 5) is 37.0. The van der Waals surface area contributed by atoms with Crippen LogP contribution in [0.15, 0.2) is 0 Å². The van der Waals surface area contributed by atoms with Crippen LogP contribution in [0.5, 0.6) is 0 Å². The van der Waals surface area contributed by atoms with E-state index in [-0.39, 0.29) is 19.4 Å². The highest BCUT2D eigenvalue weighted by molar-refractivity contribution is 5.85. The van der Waals surface area contributed by atoms with Crippen molar-refractivity contribution in [2.24, 2.45) is 0 Å². The number of nitrogens with one attached hydrogen (secondary N) is 1. The summed E-state index contributed by atoms with van der Waals surface area (Å²) in [6.07, 6.45) is -5.43. The molecule has 0 aromatic heterocycles. The van der Waals surface area contributed by atoms with Crippen LogP contribution in [0.3, 0.4) is 0 Å². The summed E-state index contributed by atoms with van der Waals surface area (Å²) >= 11 is 0. The largest absolute Gasteiger partial charge is 0.467 e. The van der Waals surface area contributed by atoms with Crippen LogP contribution >= 0.6 is 0 Å². The van der Waals surface area contributed by atoms with Crippen LogP contribution in [-0.2, 0) is 33.3 Å². The lowest BCUT2D eigenvalue weighted by molar-refractivity contribution is -0.198. The fraction of sp³-hybridized carbons (Fsp3) is 0.833. The van der Waals surface area contributed by atoms with Crippen LogP contribution in [-0.4, -0.2) is 90.7 Å². The van der Waals surface area contributed by atoms with Gasteiger partial charge in [-0.3, -0.25) is 0 Å². The average Bonchev–Trinajstić information content (AvgIpc) is 3.01. The molecule has 2 aliphatic rings. The minimum Gasteiger partial charge on any atom is -0.467 e. The highest BCUT2D eigenvalue weighted by Crippen LogP contribution is 2.41. The van der Waals surface area contributed by atoms with Crippen molar-refractivity contribution in [3.8, 4) is 0 Å². The maximum Gasteiger partial charge on any atom is 0.408 e. The van der Waals surface area contributed by atoms with Crippen LogP contribution in [0, 0.1) is 0 Å². The second kappa shape index (κ2) is 8.82. The van der Waals surface area contributed by atoms with E-state index in [9.17, 15) is 24.6 Å². The van der Waals surface area contributed by atoms with Crippen molar-refractivity contribution in [1.29, 1.82) is 0 Å². The summed E-state index contributed by atoms with van der Waals surface area (Å²) in [5, 5.41) is 22.4. The second-order valence-electron chi connectivity index (χ2n) is 8.13. The Bertz CT molecular complexity index is 633. The van der Waals surface area contributed by atoms with Crippen molar-refractivity contribution in [3.05, 3.63) is 0 Å². The summed E-state index contributed by atoms with van der Waals surface area (Å²) < 4.78 is 26.0. The monoisotopic (exact) mass is 419 g/mol. The third-order valence-electron chi connectivity index (χ3n) is 4.74. The van der Waals surface area contributed by atoms with Crippen LogP contribution in [0.4, 0.5) is 4.79 Å². The molecule has 0 bridgehead atoms. The van der Waals surface area contributed by atoms with Gasteiger partial charge < -0.3 is 39.2 Å². The van der Waals surface area contributed by atoms with E-state index in [1.807, 2.05) is 0 Å².